The van der Waals surface area contributed by atoms with Crippen LogP contribution in [0.15, 0.2) is 10.5 Å². The number of aromatic nitrogens is 1. The molecule has 1 aliphatic heterocycles. The molecular weight excluding hydrogens is 433 g/mol. The second kappa shape index (κ2) is 12.0. The Morgan fingerprint density at radius 1 is 1.38 bits per heavy atom. The van der Waals surface area contributed by atoms with Gasteiger partial charge in [-0.1, -0.05) is 6.92 Å². The fourth-order valence-corrected chi connectivity index (χ4v) is 3.47. The highest BCUT2D eigenvalue weighted by molar-refractivity contribution is 14.0. The van der Waals surface area contributed by atoms with E-state index in [4.69, 9.17) is 0 Å². The zero-order valence-corrected chi connectivity index (χ0v) is 18.3. The molecule has 0 aromatic carbocycles. The van der Waals surface area contributed by atoms with Crippen molar-refractivity contribution in [1.29, 1.82) is 0 Å². The van der Waals surface area contributed by atoms with Crippen LogP contribution in [0.5, 0.6) is 0 Å². The van der Waals surface area contributed by atoms with Crippen LogP contribution in [0, 0.1) is 12.8 Å². The highest BCUT2D eigenvalue weighted by Gasteiger charge is 2.14. The van der Waals surface area contributed by atoms with Crippen molar-refractivity contribution in [3.05, 3.63) is 16.1 Å². The third-order valence-electron chi connectivity index (χ3n) is 4.39. The van der Waals surface area contributed by atoms with Crippen LogP contribution in [0.3, 0.4) is 0 Å². The molecule has 138 valence electrons. The number of aryl methyl sites for hydroxylation is 1. The van der Waals surface area contributed by atoms with Crippen LogP contribution >= 0.6 is 35.3 Å². The smallest absolute Gasteiger partial charge is 0.191 e. The Bertz CT molecular complexity index is 483. The number of likely N-dealkylation sites (tertiary alicyclic amines) is 1. The van der Waals surface area contributed by atoms with Crippen LogP contribution in [-0.4, -0.2) is 48.6 Å². The van der Waals surface area contributed by atoms with E-state index in [9.17, 15) is 0 Å². The summed E-state index contributed by atoms with van der Waals surface area (Å²) in [5.41, 5.74) is 2.98. The van der Waals surface area contributed by atoms with Gasteiger partial charge in [0, 0.05) is 18.0 Å². The van der Waals surface area contributed by atoms with Gasteiger partial charge in [-0.05, 0) is 58.7 Å². The van der Waals surface area contributed by atoms with Crippen LogP contribution in [0.2, 0.25) is 0 Å². The minimum Gasteiger partial charge on any atom is -0.357 e. The Morgan fingerprint density at radius 3 is 2.75 bits per heavy atom. The molecule has 0 unspecified atom stereocenters. The molecule has 2 heterocycles. The fourth-order valence-electron chi connectivity index (χ4n) is 2.77. The average Bonchev–Trinajstić information content (AvgIpc) is 2.96. The average molecular weight is 465 g/mol. The lowest BCUT2D eigenvalue weighted by atomic mass is 9.99. The zero-order chi connectivity index (χ0) is 16.5. The van der Waals surface area contributed by atoms with Gasteiger partial charge in [0.15, 0.2) is 5.96 Å². The molecule has 0 saturated carbocycles. The molecule has 24 heavy (non-hydrogen) atoms. The van der Waals surface area contributed by atoms with E-state index in [1.807, 2.05) is 12.4 Å². The normalized spacial score (nSPS) is 16.7. The molecule has 0 amide bonds. The molecule has 1 aromatic heterocycles. The summed E-state index contributed by atoms with van der Waals surface area (Å²) in [6.45, 7) is 12.8. The van der Waals surface area contributed by atoms with Crippen molar-refractivity contribution in [2.45, 2.75) is 46.6 Å². The highest BCUT2D eigenvalue weighted by Crippen LogP contribution is 2.15. The van der Waals surface area contributed by atoms with E-state index in [2.05, 4.69) is 39.4 Å². The lowest BCUT2D eigenvalue weighted by molar-refractivity contribution is 0.191. The molecule has 7 heteroatoms. The quantitative estimate of drug-likeness (QED) is 0.281. The number of rotatable bonds is 7. The Kier molecular flexibility index (Phi) is 10.8. The third kappa shape index (κ3) is 7.65. The highest BCUT2D eigenvalue weighted by atomic mass is 127. The molecule has 1 saturated heterocycles. The van der Waals surface area contributed by atoms with Crippen LogP contribution in [-0.2, 0) is 6.54 Å². The van der Waals surface area contributed by atoms with E-state index in [-0.39, 0.29) is 24.0 Å². The van der Waals surface area contributed by atoms with Crippen LogP contribution < -0.4 is 10.6 Å². The summed E-state index contributed by atoms with van der Waals surface area (Å²) in [5.74, 6) is 1.82. The summed E-state index contributed by atoms with van der Waals surface area (Å²) in [7, 11) is 0. The molecule has 1 aromatic rings. The monoisotopic (exact) mass is 465 g/mol. The van der Waals surface area contributed by atoms with Gasteiger partial charge in [0.2, 0.25) is 0 Å². The number of thiazole rings is 1. The minimum atomic E-state index is 0. The first-order valence-corrected chi connectivity index (χ1v) is 9.70. The summed E-state index contributed by atoms with van der Waals surface area (Å²) in [5, 5.41) is 6.77. The maximum Gasteiger partial charge on any atom is 0.191 e. The fraction of sp³-hybridized carbons (Fsp3) is 0.765. The largest absolute Gasteiger partial charge is 0.357 e. The molecule has 0 atom stereocenters. The first-order valence-electron chi connectivity index (χ1n) is 8.82. The van der Waals surface area contributed by atoms with Gasteiger partial charge in [-0.3, -0.25) is 0 Å². The van der Waals surface area contributed by atoms with E-state index in [1.54, 1.807) is 11.3 Å². The van der Waals surface area contributed by atoms with E-state index < -0.39 is 0 Å². The second-order valence-corrected chi connectivity index (χ2v) is 7.30. The van der Waals surface area contributed by atoms with Crippen LogP contribution in [0.4, 0.5) is 0 Å². The number of aliphatic imine (C=N–C) groups is 1. The number of piperidine rings is 1. The van der Waals surface area contributed by atoms with Crippen molar-refractivity contribution in [3.8, 4) is 0 Å². The Balaban J connectivity index is 0.00000288. The summed E-state index contributed by atoms with van der Waals surface area (Å²) >= 11 is 1.68. The summed E-state index contributed by atoms with van der Waals surface area (Å²) in [6.07, 6.45) is 3.87. The van der Waals surface area contributed by atoms with Crippen molar-refractivity contribution in [3.63, 3.8) is 0 Å². The van der Waals surface area contributed by atoms with Crippen LogP contribution in [0.25, 0.3) is 0 Å². The number of nitrogens with zero attached hydrogens (tertiary/aromatic N) is 3. The molecule has 2 N–H and O–H groups in total. The third-order valence-corrected chi connectivity index (χ3v) is 5.31. The van der Waals surface area contributed by atoms with Crippen molar-refractivity contribution in [2.24, 2.45) is 10.9 Å². The zero-order valence-electron chi connectivity index (χ0n) is 15.2. The predicted molar refractivity (Wildman–Crippen MR) is 115 cm³/mol. The van der Waals surface area contributed by atoms with Gasteiger partial charge in [0.25, 0.3) is 0 Å². The molecule has 1 fully saturated rings. The summed E-state index contributed by atoms with van der Waals surface area (Å²) in [4.78, 5) is 12.8. The maximum absolute atomic E-state index is 4.66. The SMILES string of the molecule is CCNC(=NCc1scnc1C)NCCCN1CCC(C)CC1.I. The van der Waals surface area contributed by atoms with E-state index >= 15 is 0 Å². The van der Waals surface area contributed by atoms with Gasteiger partial charge < -0.3 is 15.5 Å². The predicted octanol–water partition coefficient (Wildman–Crippen LogP) is 3.25. The van der Waals surface area contributed by atoms with Crippen molar-refractivity contribution >= 4 is 41.3 Å². The molecule has 1 aliphatic rings. The molecule has 0 spiro atoms. The topological polar surface area (TPSA) is 52.6 Å². The van der Waals surface area contributed by atoms with Crippen LogP contribution in [0.1, 0.15) is 43.7 Å². The molecule has 0 radical (unpaired) electrons. The van der Waals surface area contributed by atoms with Gasteiger partial charge in [0.1, 0.15) is 0 Å². The summed E-state index contributed by atoms with van der Waals surface area (Å²) in [6, 6.07) is 0. The minimum absolute atomic E-state index is 0. The first kappa shape index (κ1) is 21.6. The van der Waals surface area contributed by atoms with Gasteiger partial charge in [-0.25, -0.2) is 9.98 Å². The lowest BCUT2D eigenvalue weighted by Crippen LogP contribution is -2.39. The Morgan fingerprint density at radius 2 is 2.12 bits per heavy atom. The summed E-state index contributed by atoms with van der Waals surface area (Å²) < 4.78 is 0. The first-order chi connectivity index (χ1) is 11.2. The van der Waals surface area contributed by atoms with Crippen molar-refractivity contribution in [1.82, 2.24) is 20.5 Å². The Labute approximate surface area is 167 Å². The van der Waals surface area contributed by atoms with E-state index in [0.717, 1.165) is 30.7 Å². The molecule has 5 nitrogen and oxygen atoms in total. The standard InChI is InChI=1S/C17H31N5S.HI/c1-4-18-17(20-12-16-15(3)21-13-23-16)19-8-5-9-22-10-6-14(2)7-11-22;/h13-14H,4-12H2,1-3H3,(H2,18,19,20);1H. The second-order valence-electron chi connectivity index (χ2n) is 6.36. The number of hydrogen-bond donors (Lipinski definition) is 2. The number of hydrogen-bond acceptors (Lipinski definition) is 4. The molecule has 0 bridgehead atoms. The number of nitrogens with one attached hydrogen (secondary N) is 2. The molecule has 2 rings (SSSR count). The molecular formula is C17H32IN5S. The number of guanidine groups is 1. The molecule has 0 aliphatic carbocycles. The lowest BCUT2D eigenvalue weighted by Gasteiger charge is -2.30. The van der Waals surface area contributed by atoms with E-state index in [1.165, 1.54) is 43.8 Å². The van der Waals surface area contributed by atoms with Crippen molar-refractivity contribution in [2.75, 3.05) is 32.7 Å². The Hall–Kier alpha value is -0.410. The van der Waals surface area contributed by atoms with Gasteiger partial charge >= 0.3 is 0 Å². The van der Waals surface area contributed by atoms with Gasteiger partial charge in [-0.2, -0.15) is 0 Å². The van der Waals surface area contributed by atoms with Gasteiger partial charge in [0.05, 0.1) is 17.7 Å². The van der Waals surface area contributed by atoms with Gasteiger partial charge in [-0.15, -0.1) is 35.3 Å². The van der Waals surface area contributed by atoms with E-state index in [0.29, 0.717) is 6.54 Å². The van der Waals surface area contributed by atoms with Crippen molar-refractivity contribution < 1.29 is 0 Å². The maximum atomic E-state index is 4.66. The number of halogens is 1.